The molecule has 1 unspecified atom stereocenters. The summed E-state index contributed by atoms with van der Waals surface area (Å²) in [7, 11) is 3.20. The molecule has 12 nitrogen and oxygen atoms in total. The lowest BCUT2D eigenvalue weighted by Crippen LogP contribution is -2.51. The first-order valence-electron chi connectivity index (χ1n) is 16.4. The molecular formula is C39H37N5O7. The number of ether oxygens (including phenoxy) is 4. The van der Waals surface area contributed by atoms with Crippen molar-refractivity contribution in [2.75, 3.05) is 26.1 Å². The van der Waals surface area contributed by atoms with Crippen molar-refractivity contribution in [2.45, 2.75) is 36.4 Å². The van der Waals surface area contributed by atoms with Gasteiger partial charge in [-0.1, -0.05) is 72.8 Å². The molecule has 1 amide bonds. The number of amides is 1. The number of rotatable bonds is 12. The minimum Gasteiger partial charge on any atom is -0.497 e. The molecule has 4 aromatic carbocycles. The van der Waals surface area contributed by atoms with Crippen LogP contribution in [0.2, 0.25) is 0 Å². The number of para-hydroxylation sites is 1. The lowest BCUT2D eigenvalue weighted by atomic mass is 9.64. The summed E-state index contributed by atoms with van der Waals surface area (Å²) < 4.78 is 24.7. The summed E-state index contributed by atoms with van der Waals surface area (Å²) in [5.41, 5.74) is 1.86. The first-order valence-corrected chi connectivity index (χ1v) is 16.4. The molecule has 7 rings (SSSR count). The molecular weight excluding hydrogens is 650 g/mol. The van der Waals surface area contributed by atoms with Gasteiger partial charge in [-0.05, 0) is 53.1 Å². The molecule has 0 spiro atoms. The van der Waals surface area contributed by atoms with Crippen LogP contribution in [0.1, 0.15) is 29.3 Å². The first-order chi connectivity index (χ1) is 24.9. The Morgan fingerprint density at radius 1 is 0.843 bits per heavy atom. The van der Waals surface area contributed by atoms with Gasteiger partial charge in [-0.3, -0.25) is 9.36 Å². The van der Waals surface area contributed by atoms with Crippen LogP contribution in [-0.2, 0) is 14.9 Å². The Kier molecular flexibility index (Phi) is 9.62. The molecule has 6 aromatic rings. The van der Waals surface area contributed by atoms with Crippen LogP contribution in [0, 0.1) is 0 Å². The van der Waals surface area contributed by atoms with Crippen LogP contribution in [0.3, 0.4) is 0 Å². The zero-order valence-electron chi connectivity index (χ0n) is 28.0. The number of hydrogen-bond acceptors (Lipinski definition) is 10. The van der Waals surface area contributed by atoms with Gasteiger partial charge in [0.25, 0.3) is 5.91 Å². The molecule has 0 bridgehead atoms. The average molecular weight is 688 g/mol. The van der Waals surface area contributed by atoms with Crippen molar-refractivity contribution in [1.29, 1.82) is 0 Å². The number of hydrogen-bond donors (Lipinski definition) is 3. The Morgan fingerprint density at radius 2 is 1.43 bits per heavy atom. The molecule has 3 heterocycles. The fraction of sp³-hybridized carbons (Fsp3) is 0.231. The van der Waals surface area contributed by atoms with Crippen molar-refractivity contribution >= 4 is 22.9 Å². The largest absolute Gasteiger partial charge is 0.497 e. The van der Waals surface area contributed by atoms with Gasteiger partial charge >= 0.3 is 0 Å². The smallest absolute Gasteiger partial charge is 0.263 e. The van der Waals surface area contributed by atoms with E-state index in [1.165, 1.54) is 12.7 Å². The van der Waals surface area contributed by atoms with Crippen molar-refractivity contribution in [3.8, 4) is 17.2 Å². The molecule has 0 radical (unpaired) electrons. The second-order valence-corrected chi connectivity index (χ2v) is 12.1. The van der Waals surface area contributed by atoms with E-state index >= 15 is 0 Å². The molecule has 12 heteroatoms. The summed E-state index contributed by atoms with van der Waals surface area (Å²) in [6, 6.07) is 33.7. The van der Waals surface area contributed by atoms with E-state index in [1.54, 1.807) is 30.9 Å². The summed E-state index contributed by atoms with van der Waals surface area (Å²) in [4.78, 5) is 25.9. The van der Waals surface area contributed by atoms with Crippen molar-refractivity contribution < 1.29 is 34.0 Å². The van der Waals surface area contributed by atoms with Gasteiger partial charge in [0.05, 0.1) is 32.1 Å². The van der Waals surface area contributed by atoms with Gasteiger partial charge < -0.3 is 34.5 Å². The predicted molar refractivity (Wildman–Crippen MR) is 189 cm³/mol. The van der Waals surface area contributed by atoms with Gasteiger partial charge in [0.1, 0.15) is 42.0 Å². The molecule has 51 heavy (non-hydrogen) atoms. The summed E-state index contributed by atoms with van der Waals surface area (Å²) in [5.74, 6) is 1.68. The average Bonchev–Trinajstić information content (AvgIpc) is 3.79. The predicted octanol–water partition coefficient (Wildman–Crippen LogP) is 4.90. The van der Waals surface area contributed by atoms with Gasteiger partial charge in [0.2, 0.25) is 0 Å². The van der Waals surface area contributed by atoms with Crippen molar-refractivity contribution in [3.05, 3.63) is 139 Å². The Morgan fingerprint density at radius 3 is 2.04 bits per heavy atom. The quantitative estimate of drug-likeness (QED) is 0.152. The lowest BCUT2D eigenvalue weighted by molar-refractivity contribution is -0.118. The molecule has 1 fully saturated rings. The highest BCUT2D eigenvalue weighted by atomic mass is 16.5. The Bertz CT molecular complexity index is 2030. The monoisotopic (exact) mass is 687 g/mol. The molecule has 1 saturated heterocycles. The van der Waals surface area contributed by atoms with Crippen molar-refractivity contribution in [2.24, 2.45) is 0 Å². The van der Waals surface area contributed by atoms with Crippen LogP contribution in [-0.4, -0.2) is 74.8 Å². The molecule has 2 aromatic heterocycles. The molecule has 0 aliphatic carbocycles. The highest BCUT2D eigenvalue weighted by Gasteiger charge is 2.52. The number of methoxy groups -OCH3 is 2. The van der Waals surface area contributed by atoms with Crippen LogP contribution in [0.4, 0.5) is 5.82 Å². The normalized spacial score (nSPS) is 17.9. The van der Waals surface area contributed by atoms with E-state index in [2.05, 4.69) is 20.3 Å². The molecule has 4 atom stereocenters. The molecule has 1 aliphatic rings. The third-order valence-electron chi connectivity index (χ3n) is 9.25. The van der Waals surface area contributed by atoms with E-state index in [4.69, 9.17) is 18.9 Å². The number of fused-ring (bicyclic) bond motifs is 1. The van der Waals surface area contributed by atoms with Crippen LogP contribution >= 0.6 is 0 Å². The van der Waals surface area contributed by atoms with E-state index in [0.29, 0.717) is 28.4 Å². The third-order valence-corrected chi connectivity index (χ3v) is 9.25. The highest BCUT2D eigenvalue weighted by molar-refractivity contribution is 5.97. The maximum atomic E-state index is 12.7. The number of carbonyl (C=O) groups is 1. The van der Waals surface area contributed by atoms with E-state index < -0.39 is 35.9 Å². The highest BCUT2D eigenvalue weighted by Crippen LogP contribution is 2.47. The molecule has 0 saturated carbocycles. The van der Waals surface area contributed by atoms with E-state index in [0.717, 1.165) is 16.7 Å². The molecule has 1 aliphatic heterocycles. The molecule has 3 N–H and O–H groups in total. The number of carbonyl (C=O) groups excluding carboxylic acids is 1. The summed E-state index contributed by atoms with van der Waals surface area (Å²) in [6.45, 7) is -0.223. The van der Waals surface area contributed by atoms with Gasteiger partial charge in [0.15, 0.2) is 23.6 Å². The third kappa shape index (κ3) is 6.47. The van der Waals surface area contributed by atoms with Crippen LogP contribution in [0.5, 0.6) is 17.2 Å². The maximum absolute atomic E-state index is 12.7. The van der Waals surface area contributed by atoms with Crippen LogP contribution in [0.25, 0.3) is 11.2 Å². The standard InChI is InChI=1S/C39H37N5O7/c1-48-28-17-13-26(14-18-28)39(25-9-5-3-6-10-25,27-15-19-29(49-2)20-16-27)36(47)35-31(45)21-33(51-35)44-24-42-34-37(40-23-41-38(34)44)43-32(46)22-50-30-11-7-4-8-12-30/h3-20,23-24,31,33,35-36,45,47H,21-22H2,1-2H3,(H,40,41,43,46)/t31-,33+,35-,36?/m0/s1. The van der Waals surface area contributed by atoms with Gasteiger partial charge in [-0.2, -0.15) is 0 Å². The number of aliphatic hydroxyl groups excluding tert-OH is 2. The number of aliphatic hydroxyl groups is 2. The zero-order valence-corrected chi connectivity index (χ0v) is 28.0. The summed E-state index contributed by atoms with van der Waals surface area (Å²) in [6.07, 6.45) is -1.17. The van der Waals surface area contributed by atoms with Crippen LogP contribution < -0.4 is 19.5 Å². The van der Waals surface area contributed by atoms with Crippen molar-refractivity contribution in [1.82, 2.24) is 19.5 Å². The zero-order chi connectivity index (χ0) is 35.4. The second-order valence-electron chi connectivity index (χ2n) is 12.1. The van der Waals surface area contributed by atoms with Gasteiger partial charge in [-0.25, -0.2) is 15.0 Å². The first kappa shape index (κ1) is 33.7. The number of nitrogens with one attached hydrogen (secondary N) is 1. The van der Waals surface area contributed by atoms with E-state index in [9.17, 15) is 15.0 Å². The Labute approximate surface area is 294 Å². The summed E-state index contributed by atoms with van der Waals surface area (Å²) >= 11 is 0. The maximum Gasteiger partial charge on any atom is 0.263 e. The van der Waals surface area contributed by atoms with Gasteiger partial charge in [-0.15, -0.1) is 0 Å². The topological polar surface area (TPSA) is 150 Å². The van der Waals surface area contributed by atoms with Crippen LogP contribution in [0.15, 0.2) is 122 Å². The van der Waals surface area contributed by atoms with Gasteiger partial charge in [0, 0.05) is 6.42 Å². The number of benzene rings is 4. The number of nitrogens with zero attached hydrogens (tertiary/aromatic N) is 4. The Hall–Kier alpha value is -5.82. The molecule has 260 valence electrons. The minimum atomic E-state index is -1.29. The second kappa shape index (κ2) is 14.6. The fourth-order valence-electron chi connectivity index (χ4n) is 6.79. The fourth-order valence-corrected chi connectivity index (χ4v) is 6.79. The minimum absolute atomic E-state index is 0.139. The van der Waals surface area contributed by atoms with Crippen molar-refractivity contribution in [3.63, 3.8) is 0 Å². The van der Waals surface area contributed by atoms with E-state index in [1.807, 2.05) is 97.1 Å². The number of imidazole rings is 1. The Balaban J connectivity index is 1.21. The van der Waals surface area contributed by atoms with E-state index in [-0.39, 0.29) is 18.8 Å². The SMILES string of the molecule is COc1ccc(C(c2ccccc2)(c2ccc(OC)cc2)C(O)[C@H]2O[C@@H](n3cnc4c(NC(=O)COc5ccccc5)ncnc43)C[C@@H]2O)cc1. The number of anilines is 1. The summed E-state index contributed by atoms with van der Waals surface area (Å²) in [5, 5.41) is 27.1. The lowest BCUT2D eigenvalue weighted by Gasteiger charge is -2.43. The number of aromatic nitrogens is 4.